The first-order chi connectivity index (χ1) is 5.54. The van der Waals surface area contributed by atoms with Crippen LogP contribution in [0.4, 0.5) is 8.78 Å². The van der Waals surface area contributed by atoms with Crippen LogP contribution in [-0.4, -0.2) is 4.98 Å². The fourth-order valence-electron chi connectivity index (χ4n) is 0.693. The van der Waals surface area contributed by atoms with E-state index in [1.807, 2.05) is 0 Å². The van der Waals surface area contributed by atoms with E-state index in [-0.39, 0.29) is 9.63 Å². The van der Waals surface area contributed by atoms with Gasteiger partial charge in [0.15, 0.2) is 0 Å². The van der Waals surface area contributed by atoms with Crippen molar-refractivity contribution in [3.8, 4) is 0 Å². The van der Waals surface area contributed by atoms with Gasteiger partial charge in [0.2, 0.25) is 5.43 Å². The Bertz CT molecular complexity index is 352. The highest BCUT2D eigenvalue weighted by Crippen LogP contribution is 2.23. The molecular formula is C6H3BrClF2NO. The predicted molar refractivity (Wildman–Crippen MR) is 44.7 cm³/mol. The molecule has 0 aliphatic rings. The molecule has 0 unspecified atom stereocenters. The van der Waals surface area contributed by atoms with Gasteiger partial charge in [-0.2, -0.15) is 0 Å². The van der Waals surface area contributed by atoms with Crippen LogP contribution in [0.1, 0.15) is 12.0 Å². The van der Waals surface area contributed by atoms with Crippen molar-refractivity contribution in [1.29, 1.82) is 0 Å². The van der Waals surface area contributed by atoms with Crippen LogP contribution in [0.3, 0.4) is 0 Å². The molecule has 0 aliphatic heterocycles. The van der Waals surface area contributed by atoms with Crippen molar-refractivity contribution in [2.24, 2.45) is 0 Å². The van der Waals surface area contributed by atoms with Crippen LogP contribution in [0.25, 0.3) is 0 Å². The number of hydrogen-bond acceptors (Lipinski definition) is 1. The van der Waals surface area contributed by atoms with Crippen LogP contribution in [0.15, 0.2) is 15.6 Å². The number of aromatic amines is 1. The lowest BCUT2D eigenvalue weighted by atomic mass is 10.3. The van der Waals surface area contributed by atoms with E-state index < -0.39 is 17.4 Å². The van der Waals surface area contributed by atoms with Crippen molar-refractivity contribution >= 4 is 27.5 Å². The van der Waals surface area contributed by atoms with Crippen LogP contribution in [0.5, 0.6) is 0 Å². The average molecular weight is 258 g/mol. The first-order valence-electron chi connectivity index (χ1n) is 2.88. The molecule has 0 spiro atoms. The molecule has 2 nitrogen and oxygen atoms in total. The van der Waals surface area contributed by atoms with E-state index in [1.165, 1.54) is 0 Å². The predicted octanol–water partition coefficient (Wildman–Crippen LogP) is 2.73. The molecule has 0 saturated carbocycles. The summed E-state index contributed by atoms with van der Waals surface area (Å²) in [5.41, 5.74) is -1.49. The van der Waals surface area contributed by atoms with Gasteiger partial charge in [-0.1, -0.05) is 11.6 Å². The fraction of sp³-hybridized carbons (Fsp3) is 0.167. The molecule has 0 atom stereocenters. The zero-order valence-electron chi connectivity index (χ0n) is 5.57. The molecule has 0 bridgehead atoms. The maximum absolute atomic E-state index is 12.2. The third-order valence-electron chi connectivity index (χ3n) is 1.24. The number of pyridine rings is 1. The third-order valence-corrected chi connectivity index (χ3v) is 2.18. The van der Waals surface area contributed by atoms with E-state index in [0.29, 0.717) is 0 Å². The highest BCUT2D eigenvalue weighted by atomic mass is 79.9. The molecule has 66 valence electrons. The van der Waals surface area contributed by atoms with Crippen LogP contribution >= 0.6 is 27.5 Å². The van der Waals surface area contributed by atoms with Gasteiger partial charge in [-0.05, 0) is 15.9 Å². The molecule has 12 heavy (non-hydrogen) atoms. The zero-order chi connectivity index (χ0) is 9.30. The van der Waals surface area contributed by atoms with Crippen LogP contribution in [0, 0.1) is 0 Å². The summed E-state index contributed by atoms with van der Waals surface area (Å²) in [6.07, 6.45) is -1.68. The second-order valence-electron chi connectivity index (χ2n) is 1.99. The monoisotopic (exact) mass is 257 g/mol. The fourth-order valence-corrected chi connectivity index (χ4v) is 1.32. The van der Waals surface area contributed by atoms with E-state index in [1.54, 1.807) is 0 Å². The van der Waals surface area contributed by atoms with Crippen molar-refractivity contribution in [3.05, 3.63) is 31.6 Å². The highest BCUT2D eigenvalue weighted by Gasteiger charge is 2.17. The van der Waals surface area contributed by atoms with Gasteiger partial charge in [0.1, 0.15) is 5.02 Å². The van der Waals surface area contributed by atoms with Gasteiger partial charge >= 0.3 is 0 Å². The maximum Gasteiger partial charge on any atom is 0.270 e. The molecule has 1 rings (SSSR count). The zero-order valence-corrected chi connectivity index (χ0v) is 7.92. The second-order valence-corrected chi connectivity index (χ2v) is 3.19. The van der Waals surface area contributed by atoms with Gasteiger partial charge in [0, 0.05) is 6.20 Å². The van der Waals surface area contributed by atoms with Crippen molar-refractivity contribution in [2.45, 2.75) is 6.43 Å². The molecule has 1 heterocycles. The summed E-state index contributed by atoms with van der Waals surface area (Å²) >= 11 is 8.12. The van der Waals surface area contributed by atoms with Gasteiger partial charge in [0.25, 0.3) is 6.43 Å². The molecule has 1 N–H and O–H groups in total. The Morgan fingerprint density at radius 3 is 2.58 bits per heavy atom. The average Bonchev–Trinajstić information content (AvgIpc) is 1.97. The van der Waals surface area contributed by atoms with Gasteiger partial charge in [-0.15, -0.1) is 0 Å². The summed E-state index contributed by atoms with van der Waals surface area (Å²) in [4.78, 5) is 13.4. The summed E-state index contributed by atoms with van der Waals surface area (Å²) in [7, 11) is 0. The number of aromatic nitrogens is 1. The number of halogens is 4. The standard InChI is InChI=1S/C6H3BrClF2NO/c7-5-3(6(9)10)4(12)2(8)1-11-5/h1,6H,(H,11,12). The molecule has 0 aromatic carbocycles. The van der Waals surface area contributed by atoms with Gasteiger partial charge in [0.05, 0.1) is 10.2 Å². The molecule has 1 aromatic heterocycles. The molecule has 6 heteroatoms. The molecule has 0 fully saturated rings. The smallest absolute Gasteiger partial charge is 0.270 e. The Hall–Kier alpha value is -0.420. The summed E-state index contributed by atoms with van der Waals surface area (Å²) in [6, 6.07) is 0. The van der Waals surface area contributed by atoms with E-state index in [0.717, 1.165) is 6.20 Å². The first kappa shape index (κ1) is 9.67. The second kappa shape index (κ2) is 3.53. The first-order valence-corrected chi connectivity index (χ1v) is 4.06. The van der Waals surface area contributed by atoms with Crippen molar-refractivity contribution in [2.75, 3.05) is 0 Å². The molecular weight excluding hydrogens is 255 g/mol. The summed E-state index contributed by atoms with van der Waals surface area (Å²) < 4.78 is 24.3. The summed E-state index contributed by atoms with van der Waals surface area (Å²) in [5, 5.41) is -0.242. The Kier molecular flexibility index (Phi) is 2.85. The number of hydrogen-bond donors (Lipinski definition) is 1. The van der Waals surface area contributed by atoms with Crippen molar-refractivity contribution in [3.63, 3.8) is 0 Å². The highest BCUT2D eigenvalue weighted by molar-refractivity contribution is 9.10. The third kappa shape index (κ3) is 1.67. The minimum Gasteiger partial charge on any atom is -0.354 e. The summed E-state index contributed by atoms with van der Waals surface area (Å²) in [5.74, 6) is 0. The van der Waals surface area contributed by atoms with Crippen molar-refractivity contribution < 1.29 is 8.78 Å². The van der Waals surface area contributed by atoms with Gasteiger partial charge in [-0.25, -0.2) is 8.78 Å². The molecule has 0 amide bonds. The van der Waals surface area contributed by atoms with E-state index in [2.05, 4.69) is 20.9 Å². The quantitative estimate of drug-likeness (QED) is 0.772. The topological polar surface area (TPSA) is 32.9 Å². The number of nitrogens with one attached hydrogen (secondary N) is 1. The maximum atomic E-state index is 12.2. The lowest BCUT2D eigenvalue weighted by molar-refractivity contribution is 0.149. The Labute approximate surface area is 79.7 Å². The minimum absolute atomic E-state index is 0.0353. The lowest BCUT2D eigenvalue weighted by Crippen LogP contribution is -2.11. The summed E-state index contributed by atoms with van der Waals surface area (Å²) in [6.45, 7) is 0. The van der Waals surface area contributed by atoms with Crippen LogP contribution in [0.2, 0.25) is 5.02 Å². The molecule has 1 aromatic rings. The Morgan fingerprint density at radius 2 is 2.17 bits per heavy atom. The van der Waals surface area contributed by atoms with E-state index >= 15 is 0 Å². The SMILES string of the molecule is O=c1c(Cl)c[nH]c(Br)c1C(F)F. The minimum atomic E-state index is -2.83. The molecule has 0 radical (unpaired) electrons. The van der Waals surface area contributed by atoms with Crippen molar-refractivity contribution in [1.82, 2.24) is 4.98 Å². The number of alkyl halides is 2. The van der Waals surface area contributed by atoms with Crippen LogP contribution in [-0.2, 0) is 0 Å². The number of rotatable bonds is 1. The molecule has 0 aliphatic carbocycles. The normalized spacial score (nSPS) is 10.8. The van der Waals surface area contributed by atoms with E-state index in [9.17, 15) is 13.6 Å². The Morgan fingerprint density at radius 1 is 1.58 bits per heavy atom. The van der Waals surface area contributed by atoms with E-state index in [4.69, 9.17) is 11.6 Å². The van der Waals surface area contributed by atoms with Crippen LogP contribution < -0.4 is 5.43 Å². The Balaban J connectivity index is 3.44. The lowest BCUT2D eigenvalue weighted by Gasteiger charge is -2.01. The van der Waals surface area contributed by atoms with Gasteiger partial charge in [-0.3, -0.25) is 4.79 Å². The molecule has 0 saturated heterocycles. The largest absolute Gasteiger partial charge is 0.354 e. The number of H-pyrrole nitrogens is 1. The van der Waals surface area contributed by atoms with Gasteiger partial charge < -0.3 is 4.98 Å².